The lowest BCUT2D eigenvalue weighted by Crippen LogP contribution is -2.44. The first-order chi connectivity index (χ1) is 8.47. The van der Waals surface area contributed by atoms with Gasteiger partial charge in [0.2, 0.25) is 5.91 Å². The number of halogens is 3. The summed E-state index contributed by atoms with van der Waals surface area (Å²) < 4.78 is 41.8. The normalized spacial score (nSPS) is 19.4. The average molecular weight is 260 g/mol. The van der Waals surface area contributed by atoms with Crippen LogP contribution >= 0.6 is 0 Å². The predicted molar refractivity (Wildman–Crippen MR) is 56.9 cm³/mol. The van der Waals surface area contributed by atoms with Crippen LogP contribution in [0.5, 0.6) is 5.75 Å². The van der Waals surface area contributed by atoms with Crippen LogP contribution in [0.1, 0.15) is 11.6 Å². The number of hydrogen-bond donors (Lipinski definition) is 2. The van der Waals surface area contributed by atoms with Crippen LogP contribution in [0.25, 0.3) is 0 Å². The van der Waals surface area contributed by atoms with Gasteiger partial charge >= 0.3 is 6.30 Å². The summed E-state index contributed by atoms with van der Waals surface area (Å²) in [5.74, 6) is -0.717. The molecule has 7 heteroatoms. The van der Waals surface area contributed by atoms with Crippen molar-refractivity contribution in [3.8, 4) is 5.75 Å². The van der Waals surface area contributed by atoms with Crippen molar-refractivity contribution in [1.82, 2.24) is 10.6 Å². The molecule has 2 rings (SSSR count). The quantitative estimate of drug-likeness (QED) is 0.749. The van der Waals surface area contributed by atoms with Gasteiger partial charge in [-0.2, -0.15) is 13.2 Å². The molecule has 0 radical (unpaired) electrons. The summed E-state index contributed by atoms with van der Waals surface area (Å²) in [4.78, 5) is 11.6. The lowest BCUT2D eigenvalue weighted by molar-refractivity contribution is -0.171. The van der Waals surface area contributed by atoms with E-state index >= 15 is 0 Å². The van der Waals surface area contributed by atoms with E-state index < -0.39 is 18.2 Å². The zero-order chi connectivity index (χ0) is 13.2. The molecule has 4 nitrogen and oxygen atoms in total. The second-order valence-electron chi connectivity index (χ2n) is 3.76. The second kappa shape index (κ2) is 4.85. The number of alkyl halides is 3. The monoisotopic (exact) mass is 260 g/mol. The number of rotatable bonds is 1. The molecular formula is C11H11F3N2O2. The molecule has 1 atom stereocenters. The van der Waals surface area contributed by atoms with E-state index in [-0.39, 0.29) is 0 Å². The first kappa shape index (κ1) is 12.7. The van der Waals surface area contributed by atoms with Crippen molar-refractivity contribution in [3.05, 3.63) is 29.8 Å². The molecule has 0 spiro atoms. The van der Waals surface area contributed by atoms with Gasteiger partial charge in [0.05, 0.1) is 0 Å². The van der Waals surface area contributed by atoms with Crippen LogP contribution in [-0.4, -0.2) is 25.4 Å². The summed E-state index contributed by atoms with van der Waals surface area (Å²) in [6.07, 6.45) is -4.74. The SMILES string of the molecule is O=C(NC(F)(F)F)C1NCCOc2ccccc21. The average Bonchev–Trinajstić information content (AvgIpc) is 2.48. The summed E-state index contributed by atoms with van der Waals surface area (Å²) in [6, 6.07) is 5.46. The predicted octanol–water partition coefficient (Wildman–Crippen LogP) is 1.35. The first-order valence-electron chi connectivity index (χ1n) is 5.31. The smallest absolute Gasteiger partial charge is 0.484 e. The molecule has 1 heterocycles. The van der Waals surface area contributed by atoms with Gasteiger partial charge in [-0.25, -0.2) is 0 Å². The molecule has 1 amide bonds. The highest BCUT2D eigenvalue weighted by molar-refractivity contribution is 5.84. The second-order valence-corrected chi connectivity index (χ2v) is 3.76. The molecule has 0 saturated carbocycles. The van der Waals surface area contributed by atoms with Gasteiger partial charge in [0.1, 0.15) is 18.4 Å². The van der Waals surface area contributed by atoms with Gasteiger partial charge in [-0.3, -0.25) is 15.4 Å². The number of hydrogen-bond acceptors (Lipinski definition) is 3. The van der Waals surface area contributed by atoms with E-state index in [4.69, 9.17) is 4.74 Å². The van der Waals surface area contributed by atoms with Crippen molar-refractivity contribution >= 4 is 5.91 Å². The number of amides is 1. The molecule has 2 N–H and O–H groups in total. The number of benzene rings is 1. The van der Waals surface area contributed by atoms with E-state index in [1.807, 2.05) is 0 Å². The maximum atomic E-state index is 12.1. The Kier molecular flexibility index (Phi) is 3.42. The largest absolute Gasteiger partial charge is 0.492 e. The minimum atomic E-state index is -4.74. The van der Waals surface area contributed by atoms with Gasteiger partial charge in [0.25, 0.3) is 0 Å². The van der Waals surface area contributed by atoms with E-state index in [1.165, 1.54) is 0 Å². The molecule has 0 fully saturated rings. The van der Waals surface area contributed by atoms with Gasteiger partial charge in [-0.1, -0.05) is 18.2 Å². The Hall–Kier alpha value is -1.76. The molecule has 98 valence electrons. The lowest BCUT2D eigenvalue weighted by Gasteiger charge is -2.18. The Labute approximate surface area is 101 Å². The molecule has 0 bridgehead atoms. The molecule has 0 saturated heterocycles. The Morgan fingerprint density at radius 1 is 1.39 bits per heavy atom. The molecule has 0 aromatic heterocycles. The number of nitrogens with one attached hydrogen (secondary N) is 2. The van der Waals surface area contributed by atoms with Gasteiger partial charge in [-0.05, 0) is 6.07 Å². The standard InChI is InChI=1S/C11H11F3N2O2/c12-11(13,14)16-10(17)9-7-3-1-2-4-8(7)18-6-5-15-9/h1-4,9,15H,5-6H2,(H,16,17). The van der Waals surface area contributed by atoms with Crippen molar-refractivity contribution in [1.29, 1.82) is 0 Å². The fourth-order valence-electron chi connectivity index (χ4n) is 1.77. The van der Waals surface area contributed by atoms with E-state index in [2.05, 4.69) is 5.32 Å². The van der Waals surface area contributed by atoms with Crippen molar-refractivity contribution in [2.24, 2.45) is 0 Å². The Morgan fingerprint density at radius 3 is 2.83 bits per heavy atom. The number of fused-ring (bicyclic) bond motifs is 1. The number of para-hydroxylation sites is 1. The van der Waals surface area contributed by atoms with Crippen molar-refractivity contribution in [3.63, 3.8) is 0 Å². The Morgan fingerprint density at radius 2 is 2.11 bits per heavy atom. The molecule has 1 aliphatic rings. The fourth-order valence-corrected chi connectivity index (χ4v) is 1.77. The summed E-state index contributed by atoms with van der Waals surface area (Å²) >= 11 is 0. The maximum Gasteiger partial charge on any atom is 0.484 e. The Bertz CT molecular complexity index is 448. The third kappa shape index (κ3) is 2.92. The van der Waals surface area contributed by atoms with Crippen molar-refractivity contribution < 1.29 is 22.7 Å². The van der Waals surface area contributed by atoms with Crippen molar-refractivity contribution in [2.75, 3.05) is 13.2 Å². The van der Waals surface area contributed by atoms with Crippen LogP contribution in [0.2, 0.25) is 0 Å². The van der Waals surface area contributed by atoms with E-state index in [0.717, 1.165) is 5.32 Å². The highest BCUT2D eigenvalue weighted by atomic mass is 19.4. The van der Waals surface area contributed by atoms with Crippen LogP contribution in [0.4, 0.5) is 13.2 Å². The molecule has 1 aliphatic heterocycles. The Balaban J connectivity index is 2.25. The van der Waals surface area contributed by atoms with E-state index in [9.17, 15) is 18.0 Å². The van der Waals surface area contributed by atoms with Gasteiger partial charge in [0, 0.05) is 12.1 Å². The third-order valence-electron chi connectivity index (χ3n) is 2.47. The minimum Gasteiger partial charge on any atom is -0.492 e. The first-order valence-corrected chi connectivity index (χ1v) is 5.31. The maximum absolute atomic E-state index is 12.1. The van der Waals surface area contributed by atoms with Crippen molar-refractivity contribution in [2.45, 2.75) is 12.3 Å². The zero-order valence-corrected chi connectivity index (χ0v) is 9.25. The third-order valence-corrected chi connectivity index (χ3v) is 2.47. The van der Waals surface area contributed by atoms with Crippen LogP contribution in [0, 0.1) is 0 Å². The van der Waals surface area contributed by atoms with Gasteiger partial charge < -0.3 is 4.74 Å². The molecule has 18 heavy (non-hydrogen) atoms. The number of carbonyl (C=O) groups is 1. The molecule has 1 aromatic rings. The van der Waals surface area contributed by atoms with E-state index in [0.29, 0.717) is 24.5 Å². The van der Waals surface area contributed by atoms with Crippen LogP contribution in [0.3, 0.4) is 0 Å². The summed E-state index contributed by atoms with van der Waals surface area (Å²) in [7, 11) is 0. The number of carbonyl (C=O) groups excluding carboxylic acids is 1. The molecule has 0 aliphatic carbocycles. The highest BCUT2D eigenvalue weighted by Gasteiger charge is 2.35. The molecule has 1 aromatic carbocycles. The lowest BCUT2D eigenvalue weighted by atomic mass is 10.1. The zero-order valence-electron chi connectivity index (χ0n) is 9.25. The van der Waals surface area contributed by atoms with E-state index in [1.54, 1.807) is 24.3 Å². The topological polar surface area (TPSA) is 50.4 Å². The van der Waals surface area contributed by atoms with Gasteiger partial charge in [-0.15, -0.1) is 0 Å². The van der Waals surface area contributed by atoms with Gasteiger partial charge in [0.15, 0.2) is 0 Å². The van der Waals surface area contributed by atoms with Crippen LogP contribution in [-0.2, 0) is 4.79 Å². The number of ether oxygens (including phenoxy) is 1. The fraction of sp³-hybridized carbons (Fsp3) is 0.364. The van der Waals surface area contributed by atoms with Crippen LogP contribution < -0.4 is 15.4 Å². The van der Waals surface area contributed by atoms with Crippen LogP contribution in [0.15, 0.2) is 24.3 Å². The highest BCUT2D eigenvalue weighted by Crippen LogP contribution is 2.27. The minimum absolute atomic E-state index is 0.296. The summed E-state index contributed by atoms with van der Waals surface area (Å²) in [5.41, 5.74) is 0.400. The molecule has 1 unspecified atom stereocenters. The summed E-state index contributed by atoms with van der Waals surface area (Å²) in [5, 5.41) is 3.72. The molecular weight excluding hydrogens is 249 g/mol. The summed E-state index contributed by atoms with van der Waals surface area (Å²) in [6.45, 7) is 0.595.